The Labute approximate surface area is 342 Å². The van der Waals surface area contributed by atoms with Crippen molar-refractivity contribution in [2.75, 3.05) is 0 Å². The lowest BCUT2D eigenvalue weighted by molar-refractivity contribution is 0.478. The average molecular weight is 869 g/mol. The highest BCUT2D eigenvalue weighted by atomic mass is 32.2. The summed E-state index contributed by atoms with van der Waals surface area (Å²) >= 11 is 0. The van der Waals surface area contributed by atoms with Gasteiger partial charge in [0, 0.05) is 0 Å². The quantitative estimate of drug-likeness (QED) is 0.0873. The van der Waals surface area contributed by atoms with Crippen LogP contribution in [0.3, 0.4) is 0 Å². The Hall–Kier alpha value is -1.40. The lowest BCUT2D eigenvalue weighted by atomic mass is 9.99. The van der Waals surface area contributed by atoms with Gasteiger partial charge < -0.3 is 0 Å². The number of nitrogens with two attached hydrogens (primary N) is 4. The zero-order valence-corrected chi connectivity index (χ0v) is 37.4. The van der Waals surface area contributed by atoms with Gasteiger partial charge in [0.25, 0.3) is 0 Å². The normalized spacial score (nSPS) is 16.1. The minimum atomic E-state index is -3.42. The number of rotatable bonds is 20. The third kappa shape index (κ3) is 34.4. The first-order valence-corrected chi connectivity index (χ1v) is 24.2. The number of hydrogen-bond acceptors (Lipinski definition) is 8. The van der Waals surface area contributed by atoms with Gasteiger partial charge in [0.05, 0.1) is 21.0 Å². The first-order chi connectivity index (χ1) is 23.1. The molecule has 0 radical (unpaired) electrons. The molecule has 55 heavy (non-hydrogen) atoms. The highest BCUT2D eigenvalue weighted by Gasteiger charge is 2.28. The summed E-state index contributed by atoms with van der Waals surface area (Å²) in [5.74, 6) is 0.956. The molecule has 0 aromatic rings. The van der Waals surface area contributed by atoms with Gasteiger partial charge in [0.15, 0.2) is 0 Å². The van der Waals surface area contributed by atoms with Crippen LogP contribution in [0.4, 0.5) is 0 Å². The Morgan fingerprint density at radius 3 is 0.509 bits per heavy atom. The van der Waals surface area contributed by atoms with Crippen LogP contribution in [0, 0.1) is 47.3 Å². The van der Waals surface area contributed by atoms with Crippen molar-refractivity contribution in [3.05, 3.63) is 50.6 Å². The Kier molecular flexibility index (Phi) is 39.2. The Morgan fingerprint density at radius 2 is 0.455 bits per heavy atom. The lowest BCUT2D eigenvalue weighted by Gasteiger charge is -2.20. The predicted octanol–water partition coefficient (Wildman–Crippen LogP) is 7.96. The molecule has 0 heterocycles. The topological polar surface area (TPSA) is 241 Å². The van der Waals surface area contributed by atoms with Crippen LogP contribution in [0.5, 0.6) is 0 Å². The van der Waals surface area contributed by atoms with Gasteiger partial charge >= 0.3 is 0 Å². The molecule has 0 aliphatic heterocycles. The van der Waals surface area contributed by atoms with E-state index in [0.717, 1.165) is 0 Å². The molecule has 0 unspecified atom stereocenters. The van der Waals surface area contributed by atoms with Crippen molar-refractivity contribution < 1.29 is 33.7 Å². The highest BCUT2D eigenvalue weighted by molar-refractivity contribution is 7.90. The van der Waals surface area contributed by atoms with Crippen LogP contribution >= 0.6 is 0 Å². The van der Waals surface area contributed by atoms with E-state index in [4.69, 9.17) is 20.6 Å². The molecule has 0 saturated carbocycles. The fraction of sp³-hybridized carbons (Fsp3) is 0.795. The Morgan fingerprint density at radius 1 is 0.345 bits per heavy atom. The molecule has 0 rings (SSSR count). The largest absolute Gasteiger partial charge is 0.228 e. The van der Waals surface area contributed by atoms with E-state index in [-0.39, 0.29) is 69.6 Å². The summed E-state index contributed by atoms with van der Waals surface area (Å²) in [6.07, 6.45) is 9.22. The number of sulfonamides is 4. The molecule has 336 valence electrons. The van der Waals surface area contributed by atoms with Gasteiger partial charge in [0.1, 0.15) is 0 Å². The molecule has 0 aliphatic rings. The number of hydrogen-bond donors (Lipinski definition) is 4. The van der Waals surface area contributed by atoms with E-state index in [2.05, 4.69) is 26.3 Å². The first-order valence-electron chi connectivity index (χ1n) is 17.7. The zero-order valence-electron chi connectivity index (χ0n) is 34.1. The van der Waals surface area contributed by atoms with Crippen molar-refractivity contribution in [3.63, 3.8) is 0 Å². The van der Waals surface area contributed by atoms with E-state index in [9.17, 15) is 33.7 Å². The van der Waals surface area contributed by atoms with Gasteiger partial charge in [-0.05, 0) is 73.0 Å². The van der Waals surface area contributed by atoms with E-state index in [1.165, 1.54) is 0 Å². The number of allylic oxidation sites excluding steroid dienone is 4. The van der Waals surface area contributed by atoms with Crippen molar-refractivity contribution in [1.29, 1.82) is 0 Å². The average Bonchev–Trinajstić information content (AvgIpc) is 2.97. The molecule has 0 aromatic carbocycles. The fourth-order valence-corrected chi connectivity index (χ4v) is 10.3. The van der Waals surface area contributed by atoms with Crippen LogP contribution in [0.1, 0.15) is 131 Å². The molecule has 12 nitrogen and oxygen atoms in total. The van der Waals surface area contributed by atoms with Crippen LogP contribution in [-0.2, 0) is 40.1 Å². The van der Waals surface area contributed by atoms with Gasteiger partial charge in [0.2, 0.25) is 40.1 Å². The minimum Gasteiger partial charge on any atom is -0.228 e. The maximum Gasteiger partial charge on any atom is 0.212 e. The maximum absolute atomic E-state index is 11.2. The predicted molar refractivity (Wildman–Crippen MR) is 243 cm³/mol. The summed E-state index contributed by atoms with van der Waals surface area (Å²) in [7, 11) is -13.7. The molecule has 8 N–H and O–H groups in total. The molecule has 0 fully saturated rings. The number of primary sulfonamides is 4. The fourth-order valence-electron chi connectivity index (χ4n) is 4.99. The van der Waals surface area contributed by atoms with E-state index in [1.807, 2.05) is 83.1 Å². The molecular formula is C39H88N4O8S4. The van der Waals surface area contributed by atoms with E-state index >= 15 is 0 Å². The Bertz CT molecular complexity index is 1250. The molecule has 8 atom stereocenters. The second-order valence-electron chi connectivity index (χ2n) is 15.3. The summed E-state index contributed by atoms with van der Waals surface area (Å²) in [5, 5.41) is 18.7. The van der Waals surface area contributed by atoms with Crippen molar-refractivity contribution in [2.45, 2.75) is 152 Å². The SMILES string of the molecule is C.C.C.C=C[C@@H](C)C[C@@H](C(C)C)S(N)(=O)=O.C=C[C@@H](C)C[C@H](C(C)C)S(N)(=O)=O.C=C[C@H](C)C[C@@H](C(C)C)S(N)(=O)=O.C=C[C@H](C)C[C@H](C(C)C)S(N)(=O)=O. The highest BCUT2D eigenvalue weighted by Crippen LogP contribution is 2.22. The molecule has 0 aromatic heterocycles. The van der Waals surface area contributed by atoms with Crippen LogP contribution in [0.2, 0.25) is 0 Å². The maximum atomic E-state index is 11.2. The van der Waals surface area contributed by atoms with Crippen molar-refractivity contribution in [1.82, 2.24) is 0 Å². The summed E-state index contributed by atoms with van der Waals surface area (Å²) < 4.78 is 89.3. The van der Waals surface area contributed by atoms with Crippen LogP contribution < -0.4 is 20.6 Å². The van der Waals surface area contributed by atoms with E-state index in [0.29, 0.717) is 25.7 Å². The Balaban J connectivity index is -0.000000110. The van der Waals surface area contributed by atoms with Gasteiger partial charge in [-0.15, -0.1) is 26.3 Å². The summed E-state index contributed by atoms with van der Waals surface area (Å²) in [6.45, 7) is 37.2. The lowest BCUT2D eigenvalue weighted by Crippen LogP contribution is -2.34. The van der Waals surface area contributed by atoms with Gasteiger partial charge in [-0.2, -0.15) is 0 Å². The van der Waals surface area contributed by atoms with E-state index in [1.54, 1.807) is 24.3 Å². The second kappa shape index (κ2) is 31.6. The monoisotopic (exact) mass is 869 g/mol. The molecular weight excluding hydrogens is 781 g/mol. The van der Waals surface area contributed by atoms with Crippen molar-refractivity contribution >= 4 is 40.1 Å². The van der Waals surface area contributed by atoms with Crippen LogP contribution in [-0.4, -0.2) is 54.7 Å². The minimum absolute atomic E-state index is 0. The van der Waals surface area contributed by atoms with Crippen molar-refractivity contribution in [2.24, 2.45) is 67.9 Å². The van der Waals surface area contributed by atoms with E-state index < -0.39 is 61.1 Å². The summed E-state index contributed by atoms with van der Waals surface area (Å²) in [4.78, 5) is 0. The zero-order chi connectivity index (χ0) is 42.6. The molecule has 0 bridgehead atoms. The smallest absolute Gasteiger partial charge is 0.212 e. The third-order valence-electron chi connectivity index (χ3n) is 8.69. The molecule has 0 aliphatic carbocycles. The molecule has 0 spiro atoms. The molecule has 0 saturated heterocycles. The third-order valence-corrected chi connectivity index (χ3v) is 15.0. The second-order valence-corrected chi connectivity index (χ2v) is 22.4. The summed E-state index contributed by atoms with van der Waals surface area (Å²) in [6, 6.07) is 0. The standard InChI is InChI=1S/4C9H19NO2S.3CH4/c4*1-5-8(4)6-9(7(2)3)13(10,11)12;;;/h4*5,7-9H,1,6H2,2-4H3,(H2,10,11,12);3*1H4/t2*8-,9+;2*8-,9-;;;/m1010.../s1. The van der Waals surface area contributed by atoms with Gasteiger partial charge in [-0.25, -0.2) is 54.2 Å². The molecule has 0 amide bonds. The molecule has 16 heteroatoms. The van der Waals surface area contributed by atoms with Crippen LogP contribution in [0.25, 0.3) is 0 Å². The van der Waals surface area contributed by atoms with Gasteiger partial charge in [-0.1, -0.05) is 130 Å². The summed E-state index contributed by atoms with van der Waals surface area (Å²) in [5.41, 5.74) is 0. The van der Waals surface area contributed by atoms with Crippen LogP contribution in [0.15, 0.2) is 50.6 Å². The van der Waals surface area contributed by atoms with Gasteiger partial charge in [-0.3, -0.25) is 0 Å². The first kappa shape index (κ1) is 68.3. The van der Waals surface area contributed by atoms with Crippen molar-refractivity contribution in [3.8, 4) is 0 Å².